The Hall–Kier alpha value is -3.49. The van der Waals surface area contributed by atoms with E-state index in [0.29, 0.717) is 21.7 Å². The molecule has 2 aromatic carbocycles. The highest BCUT2D eigenvalue weighted by atomic mass is 32.2. The van der Waals surface area contributed by atoms with Crippen LogP contribution >= 0.6 is 23.1 Å². The lowest BCUT2D eigenvalue weighted by molar-refractivity contribution is -0.143. The Kier molecular flexibility index (Phi) is 9.09. The number of halogens is 6. The molecule has 6 nitrogen and oxygen atoms in total. The van der Waals surface area contributed by atoms with E-state index in [0.717, 1.165) is 38.8 Å². The normalized spacial score (nSPS) is 17.5. The number of thioether (sulfide) groups is 1. The molecule has 14 heteroatoms. The van der Waals surface area contributed by atoms with Gasteiger partial charge in [0.05, 0.1) is 23.1 Å². The maximum atomic E-state index is 13.5. The summed E-state index contributed by atoms with van der Waals surface area (Å²) in [6.07, 6.45) is -8.29. The number of carbonyl (C=O) groups excluding carboxylic acids is 1. The summed E-state index contributed by atoms with van der Waals surface area (Å²) in [4.78, 5) is 21.7. The van der Waals surface area contributed by atoms with Crippen LogP contribution in [-0.2, 0) is 30.3 Å². The summed E-state index contributed by atoms with van der Waals surface area (Å²) in [5.74, 6) is -0.115. The van der Waals surface area contributed by atoms with E-state index >= 15 is 0 Å². The molecule has 0 radical (unpaired) electrons. The van der Waals surface area contributed by atoms with Crippen LogP contribution < -0.4 is 9.47 Å². The largest absolute Gasteiger partial charge is 0.493 e. The lowest BCUT2D eigenvalue weighted by atomic mass is 10.0. The molecule has 1 amide bonds. The first-order chi connectivity index (χ1) is 20.4. The zero-order valence-electron chi connectivity index (χ0n) is 22.7. The molecule has 0 saturated carbocycles. The van der Waals surface area contributed by atoms with Gasteiger partial charge in [-0.15, -0.1) is 0 Å². The fourth-order valence-corrected chi connectivity index (χ4v) is 6.24. The highest BCUT2D eigenvalue weighted by Crippen LogP contribution is 2.39. The molecule has 0 unspecified atom stereocenters. The SMILES string of the molecule is COc1cc(/C=C2\SC(N3CCN(Cc4ccsc4)CC3)=NC2=O)ccc1OCc1ccc(C(F)(F)F)cc1C(F)(F)F. The minimum Gasteiger partial charge on any atom is -0.493 e. The van der Waals surface area contributed by atoms with E-state index in [1.54, 1.807) is 29.5 Å². The van der Waals surface area contributed by atoms with Crippen LogP contribution in [0.2, 0.25) is 0 Å². The third-order valence-corrected chi connectivity index (χ3v) is 8.63. The van der Waals surface area contributed by atoms with Gasteiger partial charge in [-0.3, -0.25) is 9.69 Å². The van der Waals surface area contributed by atoms with Crippen molar-refractivity contribution < 1.29 is 40.6 Å². The van der Waals surface area contributed by atoms with Gasteiger partial charge in [0, 0.05) is 38.3 Å². The van der Waals surface area contributed by atoms with Crippen molar-refractivity contribution in [3.8, 4) is 11.5 Å². The standard InChI is InChI=1S/C29H25F6N3O3S2/c1-40-24-12-18(2-5-23(24)41-16-20-3-4-21(28(30,31)32)14-22(20)29(33,34)35)13-25-26(39)36-27(43-25)38-9-7-37(8-10-38)15-19-6-11-42-17-19/h2-6,11-14,17H,7-10,15-16H2,1H3/b25-13-. The lowest BCUT2D eigenvalue weighted by Gasteiger charge is -2.35. The smallest absolute Gasteiger partial charge is 0.416 e. The first kappa shape index (κ1) is 31.0. The third kappa shape index (κ3) is 7.54. The van der Waals surface area contributed by atoms with E-state index in [4.69, 9.17) is 9.47 Å². The van der Waals surface area contributed by atoms with Crippen LogP contribution in [0.3, 0.4) is 0 Å². The van der Waals surface area contributed by atoms with Crippen molar-refractivity contribution in [1.29, 1.82) is 0 Å². The summed E-state index contributed by atoms with van der Waals surface area (Å²) in [6.45, 7) is 3.42. The number of thiophene rings is 1. The van der Waals surface area contributed by atoms with Gasteiger partial charge in [-0.25, -0.2) is 0 Å². The Morgan fingerprint density at radius 1 is 0.953 bits per heavy atom. The summed E-state index contributed by atoms with van der Waals surface area (Å²) in [5.41, 5.74) is -1.44. The molecule has 1 fully saturated rings. The van der Waals surface area contributed by atoms with E-state index in [1.807, 2.05) is 0 Å². The first-order valence-electron chi connectivity index (χ1n) is 13.0. The fraction of sp³-hybridized carbons (Fsp3) is 0.310. The molecule has 3 heterocycles. The Morgan fingerprint density at radius 2 is 1.72 bits per heavy atom. The molecule has 0 N–H and O–H groups in total. The number of aliphatic imine (C=N–C) groups is 1. The summed E-state index contributed by atoms with van der Waals surface area (Å²) in [5, 5.41) is 4.83. The van der Waals surface area contributed by atoms with Gasteiger partial charge in [0.15, 0.2) is 16.7 Å². The molecule has 1 saturated heterocycles. The molecule has 0 bridgehead atoms. The van der Waals surface area contributed by atoms with Crippen molar-refractivity contribution in [3.63, 3.8) is 0 Å². The van der Waals surface area contributed by atoms with Crippen LogP contribution in [0.15, 0.2) is 63.1 Å². The molecule has 228 valence electrons. The van der Waals surface area contributed by atoms with Crippen molar-refractivity contribution >= 4 is 40.2 Å². The van der Waals surface area contributed by atoms with Gasteiger partial charge in [0.25, 0.3) is 5.91 Å². The Labute approximate surface area is 251 Å². The Balaban J connectivity index is 1.23. The molecule has 5 rings (SSSR count). The number of piperazine rings is 1. The molecule has 2 aliphatic rings. The maximum Gasteiger partial charge on any atom is 0.416 e. The molecular weight excluding hydrogens is 616 g/mol. The topological polar surface area (TPSA) is 54.4 Å². The van der Waals surface area contributed by atoms with Crippen molar-refractivity contribution in [1.82, 2.24) is 9.80 Å². The number of carbonyl (C=O) groups is 1. The third-order valence-electron chi connectivity index (χ3n) is 6.85. The minimum absolute atomic E-state index is 0.0723. The van der Waals surface area contributed by atoms with Gasteiger partial charge in [0.1, 0.15) is 6.61 Å². The number of hydrogen-bond acceptors (Lipinski definition) is 7. The maximum absolute atomic E-state index is 13.5. The van der Waals surface area contributed by atoms with Gasteiger partial charge in [-0.2, -0.15) is 42.7 Å². The summed E-state index contributed by atoms with van der Waals surface area (Å²) >= 11 is 2.94. The van der Waals surface area contributed by atoms with E-state index in [1.165, 1.54) is 30.5 Å². The number of ether oxygens (including phenoxy) is 2. The number of nitrogens with zero attached hydrogens (tertiary/aromatic N) is 3. The van der Waals surface area contributed by atoms with Gasteiger partial charge in [-0.05, 0) is 70.1 Å². The van der Waals surface area contributed by atoms with E-state index in [-0.39, 0.29) is 23.5 Å². The van der Waals surface area contributed by atoms with Crippen molar-refractivity contribution in [2.75, 3.05) is 33.3 Å². The minimum atomic E-state index is -5.01. The fourth-order valence-electron chi connectivity index (χ4n) is 4.61. The molecule has 3 aromatic rings. The average molecular weight is 642 g/mol. The molecule has 0 atom stereocenters. The quantitative estimate of drug-likeness (QED) is 0.202. The van der Waals surface area contributed by atoms with E-state index < -0.39 is 35.6 Å². The summed E-state index contributed by atoms with van der Waals surface area (Å²) in [6, 6.07) is 8.12. The second-order valence-electron chi connectivity index (χ2n) is 9.77. The number of hydrogen-bond donors (Lipinski definition) is 0. The summed E-state index contributed by atoms with van der Waals surface area (Å²) in [7, 11) is 1.34. The van der Waals surface area contributed by atoms with Crippen molar-refractivity contribution in [3.05, 3.63) is 85.9 Å². The number of rotatable bonds is 7. The Morgan fingerprint density at radius 3 is 2.37 bits per heavy atom. The van der Waals surface area contributed by atoms with Crippen LogP contribution in [-0.4, -0.2) is 54.2 Å². The van der Waals surface area contributed by atoms with Crippen LogP contribution in [0.25, 0.3) is 6.08 Å². The molecule has 43 heavy (non-hydrogen) atoms. The highest BCUT2D eigenvalue weighted by molar-refractivity contribution is 8.18. The molecule has 0 aliphatic carbocycles. The van der Waals surface area contributed by atoms with E-state index in [2.05, 4.69) is 31.6 Å². The molecular formula is C29H25F6N3O3S2. The predicted molar refractivity (Wildman–Crippen MR) is 153 cm³/mol. The number of amidine groups is 1. The molecule has 0 spiro atoms. The monoisotopic (exact) mass is 641 g/mol. The van der Waals surface area contributed by atoms with Gasteiger partial charge < -0.3 is 14.4 Å². The predicted octanol–water partition coefficient (Wildman–Crippen LogP) is 7.16. The van der Waals surface area contributed by atoms with Crippen LogP contribution in [0.1, 0.15) is 27.8 Å². The second-order valence-corrected chi connectivity index (χ2v) is 11.6. The lowest BCUT2D eigenvalue weighted by Crippen LogP contribution is -2.47. The van der Waals surface area contributed by atoms with Crippen LogP contribution in [0.4, 0.5) is 26.3 Å². The molecule has 1 aromatic heterocycles. The van der Waals surface area contributed by atoms with E-state index in [9.17, 15) is 31.1 Å². The van der Waals surface area contributed by atoms with Crippen molar-refractivity contribution in [2.24, 2.45) is 4.99 Å². The van der Waals surface area contributed by atoms with Crippen LogP contribution in [0, 0.1) is 0 Å². The number of alkyl halides is 6. The second kappa shape index (κ2) is 12.6. The molecule has 2 aliphatic heterocycles. The number of amides is 1. The average Bonchev–Trinajstić information content (AvgIpc) is 3.61. The van der Waals surface area contributed by atoms with Gasteiger partial charge >= 0.3 is 12.4 Å². The zero-order valence-corrected chi connectivity index (χ0v) is 24.3. The van der Waals surface area contributed by atoms with Crippen molar-refractivity contribution in [2.45, 2.75) is 25.5 Å². The number of methoxy groups -OCH3 is 1. The Bertz CT molecular complexity index is 1530. The van der Waals surface area contributed by atoms with Gasteiger partial charge in [-0.1, -0.05) is 12.1 Å². The van der Waals surface area contributed by atoms with Gasteiger partial charge in [0.2, 0.25) is 0 Å². The zero-order chi connectivity index (χ0) is 30.8. The number of benzene rings is 2. The summed E-state index contributed by atoms with van der Waals surface area (Å²) < 4.78 is 90.3. The first-order valence-corrected chi connectivity index (χ1v) is 14.8. The highest BCUT2D eigenvalue weighted by Gasteiger charge is 2.38. The van der Waals surface area contributed by atoms with Crippen LogP contribution in [0.5, 0.6) is 11.5 Å².